The molecule has 0 rings (SSSR count). The van der Waals surface area contributed by atoms with Crippen molar-refractivity contribution in [2.24, 2.45) is 0 Å². The lowest BCUT2D eigenvalue weighted by atomic mass is 10.0. The summed E-state index contributed by atoms with van der Waals surface area (Å²) in [6.45, 7) is 10.1. The van der Waals surface area contributed by atoms with E-state index in [1.54, 1.807) is 0 Å². The van der Waals surface area contributed by atoms with Gasteiger partial charge in [0.15, 0.2) is 0 Å². The molecular weight excluding hydrogens is 359 g/mol. The minimum Gasteiger partial charge on any atom is -0.287 e. The molecule has 0 amide bonds. The van der Waals surface area contributed by atoms with Crippen LogP contribution in [0.15, 0.2) is 0 Å². The second-order valence-electron chi connectivity index (χ2n) is 8.18. The summed E-state index contributed by atoms with van der Waals surface area (Å²) >= 11 is 0. The van der Waals surface area contributed by atoms with Crippen LogP contribution in [0.4, 0.5) is 0 Å². The van der Waals surface area contributed by atoms with Crippen LogP contribution in [0.1, 0.15) is 125 Å². The number of unbranched alkanes of at least 4 members (excludes halogenated alkanes) is 13. The molecule has 164 valence electrons. The predicted molar refractivity (Wildman–Crippen MR) is 116 cm³/mol. The lowest BCUT2D eigenvalue weighted by molar-refractivity contribution is 0.0712. The normalized spacial score (nSPS) is 12.4. The third-order valence-electron chi connectivity index (χ3n) is 4.43. The average Bonchev–Trinajstić information content (AvgIpc) is 2.56. The number of rotatable bonds is 20. The Balaban J connectivity index is 3.48. The maximum atomic E-state index is 12.5. The van der Waals surface area contributed by atoms with Crippen LogP contribution in [0.3, 0.4) is 0 Å². The molecular formula is C22H47O4P. The molecule has 0 aromatic carbocycles. The Labute approximate surface area is 169 Å². The van der Waals surface area contributed by atoms with Gasteiger partial charge in [0.25, 0.3) is 0 Å². The van der Waals surface area contributed by atoms with E-state index in [9.17, 15) is 4.57 Å². The van der Waals surface area contributed by atoms with Gasteiger partial charge in [0, 0.05) is 0 Å². The van der Waals surface area contributed by atoms with E-state index in [1.165, 1.54) is 77.0 Å². The van der Waals surface area contributed by atoms with Crippen LogP contribution in [0.2, 0.25) is 0 Å². The van der Waals surface area contributed by atoms with Gasteiger partial charge in [-0.3, -0.25) is 13.6 Å². The molecule has 0 unspecified atom stereocenters. The molecule has 0 saturated carbocycles. The van der Waals surface area contributed by atoms with Crippen molar-refractivity contribution in [3.63, 3.8) is 0 Å². The topological polar surface area (TPSA) is 44.8 Å². The standard InChI is InChI=1S/C22H47O4P/c1-6-7-8-9-10-11-12-13-14-15-16-17-18-19-20-24-27(23,25-21(2)3)26-22(4)5/h21-22H,6-20H2,1-5H3. The van der Waals surface area contributed by atoms with Crippen molar-refractivity contribution < 1.29 is 18.1 Å². The third-order valence-corrected chi connectivity index (χ3v) is 6.29. The van der Waals surface area contributed by atoms with E-state index in [2.05, 4.69) is 6.92 Å². The van der Waals surface area contributed by atoms with Crippen molar-refractivity contribution in [2.45, 2.75) is 137 Å². The molecule has 0 aliphatic heterocycles. The summed E-state index contributed by atoms with van der Waals surface area (Å²) in [5.74, 6) is 0. The second-order valence-corrected chi connectivity index (χ2v) is 9.76. The highest BCUT2D eigenvalue weighted by Gasteiger charge is 2.29. The molecule has 0 aromatic heterocycles. The zero-order chi connectivity index (χ0) is 20.4. The number of phosphoric acid groups is 1. The lowest BCUT2D eigenvalue weighted by Gasteiger charge is -2.21. The summed E-state index contributed by atoms with van der Waals surface area (Å²) < 4.78 is 28.7. The Hall–Kier alpha value is 0.110. The van der Waals surface area contributed by atoms with E-state index >= 15 is 0 Å². The van der Waals surface area contributed by atoms with Gasteiger partial charge in [-0.15, -0.1) is 0 Å². The Morgan fingerprint density at radius 2 is 0.926 bits per heavy atom. The van der Waals surface area contributed by atoms with Crippen molar-refractivity contribution in [3.05, 3.63) is 0 Å². The van der Waals surface area contributed by atoms with Crippen LogP contribution in [0.25, 0.3) is 0 Å². The predicted octanol–water partition coefficient (Wildman–Crippen LogP) is 8.44. The molecule has 0 bridgehead atoms. The van der Waals surface area contributed by atoms with Crippen LogP contribution >= 0.6 is 7.82 Å². The lowest BCUT2D eigenvalue weighted by Crippen LogP contribution is -2.10. The summed E-state index contributed by atoms with van der Waals surface area (Å²) in [7, 11) is -3.42. The minimum absolute atomic E-state index is 0.175. The van der Waals surface area contributed by atoms with E-state index in [-0.39, 0.29) is 12.2 Å². The molecule has 0 fully saturated rings. The van der Waals surface area contributed by atoms with Gasteiger partial charge < -0.3 is 0 Å². The molecule has 0 spiro atoms. The van der Waals surface area contributed by atoms with E-state index < -0.39 is 7.82 Å². The van der Waals surface area contributed by atoms with Crippen LogP contribution in [-0.2, 0) is 18.1 Å². The van der Waals surface area contributed by atoms with Gasteiger partial charge in [0.05, 0.1) is 18.8 Å². The van der Waals surface area contributed by atoms with E-state index in [0.717, 1.165) is 12.8 Å². The van der Waals surface area contributed by atoms with Gasteiger partial charge in [-0.25, -0.2) is 4.57 Å². The highest BCUT2D eigenvalue weighted by molar-refractivity contribution is 7.48. The van der Waals surface area contributed by atoms with Crippen molar-refractivity contribution >= 4 is 7.82 Å². The molecule has 0 aliphatic carbocycles. The van der Waals surface area contributed by atoms with Gasteiger partial charge >= 0.3 is 7.82 Å². The van der Waals surface area contributed by atoms with Crippen molar-refractivity contribution in [3.8, 4) is 0 Å². The Kier molecular flexibility index (Phi) is 18.2. The molecule has 0 N–H and O–H groups in total. The molecule has 5 heteroatoms. The van der Waals surface area contributed by atoms with Gasteiger partial charge in [0.1, 0.15) is 0 Å². The summed E-state index contributed by atoms with van der Waals surface area (Å²) in [6, 6.07) is 0. The van der Waals surface area contributed by atoms with Gasteiger partial charge in [-0.05, 0) is 34.1 Å². The Bertz CT molecular complexity index is 344. The molecule has 0 heterocycles. The van der Waals surface area contributed by atoms with Crippen LogP contribution < -0.4 is 0 Å². The zero-order valence-electron chi connectivity index (χ0n) is 18.8. The highest BCUT2D eigenvalue weighted by Crippen LogP contribution is 2.51. The summed E-state index contributed by atoms with van der Waals surface area (Å²) in [6.07, 6.45) is 18.1. The van der Waals surface area contributed by atoms with E-state index in [0.29, 0.717) is 6.61 Å². The fraction of sp³-hybridized carbons (Fsp3) is 1.00. The highest BCUT2D eigenvalue weighted by atomic mass is 31.2. The number of hydrogen-bond acceptors (Lipinski definition) is 4. The van der Waals surface area contributed by atoms with Crippen LogP contribution in [0, 0.1) is 0 Å². The number of hydrogen-bond donors (Lipinski definition) is 0. The van der Waals surface area contributed by atoms with Crippen LogP contribution in [-0.4, -0.2) is 18.8 Å². The van der Waals surface area contributed by atoms with Crippen molar-refractivity contribution in [1.82, 2.24) is 0 Å². The van der Waals surface area contributed by atoms with Crippen LogP contribution in [0.5, 0.6) is 0 Å². The van der Waals surface area contributed by atoms with Gasteiger partial charge in [-0.1, -0.05) is 90.4 Å². The van der Waals surface area contributed by atoms with E-state index in [1.807, 2.05) is 27.7 Å². The summed E-state index contributed by atoms with van der Waals surface area (Å²) in [5, 5.41) is 0. The summed E-state index contributed by atoms with van der Waals surface area (Å²) in [4.78, 5) is 0. The second kappa shape index (κ2) is 18.2. The first kappa shape index (κ1) is 27.1. The number of phosphoric ester groups is 1. The average molecular weight is 407 g/mol. The molecule has 0 radical (unpaired) electrons. The Morgan fingerprint density at radius 1 is 0.593 bits per heavy atom. The maximum Gasteiger partial charge on any atom is 0.475 e. The first-order chi connectivity index (χ1) is 12.9. The van der Waals surface area contributed by atoms with E-state index in [4.69, 9.17) is 13.6 Å². The SMILES string of the molecule is CCCCCCCCCCCCCCCCOP(=O)(OC(C)C)OC(C)C. The quantitative estimate of drug-likeness (QED) is 0.150. The first-order valence-corrected chi connectivity index (χ1v) is 13.0. The smallest absolute Gasteiger partial charge is 0.287 e. The van der Waals surface area contributed by atoms with Gasteiger partial charge in [-0.2, -0.15) is 0 Å². The fourth-order valence-corrected chi connectivity index (χ4v) is 4.63. The molecule has 0 aliphatic rings. The zero-order valence-corrected chi connectivity index (χ0v) is 19.7. The maximum absolute atomic E-state index is 12.5. The minimum atomic E-state index is -3.42. The largest absolute Gasteiger partial charge is 0.475 e. The van der Waals surface area contributed by atoms with Crippen molar-refractivity contribution in [1.29, 1.82) is 0 Å². The fourth-order valence-electron chi connectivity index (χ4n) is 3.08. The monoisotopic (exact) mass is 406 g/mol. The molecule has 0 aromatic rings. The summed E-state index contributed by atoms with van der Waals surface area (Å²) in [5.41, 5.74) is 0. The van der Waals surface area contributed by atoms with Crippen molar-refractivity contribution in [2.75, 3.05) is 6.61 Å². The Morgan fingerprint density at radius 3 is 1.26 bits per heavy atom. The van der Waals surface area contributed by atoms with Gasteiger partial charge in [0.2, 0.25) is 0 Å². The molecule has 27 heavy (non-hydrogen) atoms. The molecule has 0 atom stereocenters. The first-order valence-electron chi connectivity index (χ1n) is 11.5. The molecule has 4 nitrogen and oxygen atoms in total. The third kappa shape index (κ3) is 19.2. The molecule has 0 saturated heterocycles.